The molecule has 1 saturated heterocycles. The Bertz CT molecular complexity index is 1080. The number of hydrogen-bond donors (Lipinski definition) is 0. The summed E-state index contributed by atoms with van der Waals surface area (Å²) in [6.07, 6.45) is 0.223. The van der Waals surface area contributed by atoms with Gasteiger partial charge in [0, 0.05) is 31.0 Å². The molecule has 4 rings (SSSR count). The summed E-state index contributed by atoms with van der Waals surface area (Å²) in [5.74, 6) is 1.03. The van der Waals surface area contributed by atoms with E-state index >= 15 is 0 Å². The van der Waals surface area contributed by atoms with Crippen molar-refractivity contribution in [2.45, 2.75) is 46.3 Å². The minimum Gasteiger partial charge on any atom is -0.483 e. The van der Waals surface area contributed by atoms with E-state index in [0.29, 0.717) is 31.3 Å². The van der Waals surface area contributed by atoms with Crippen LogP contribution in [0, 0.1) is 5.41 Å². The molecule has 2 heterocycles. The molecule has 2 aromatic rings. The molecular weight excluding hydrogens is 491 g/mol. The quantitative estimate of drug-likeness (QED) is 0.329. The monoisotopic (exact) mass is 522 g/mol. The molecule has 0 saturated carbocycles. The standard InChI is InChI=1S/C24H31N2O5PS2/c1-23(2)16-28-32(33,29-17-23)26(15-18-10-7-6-8-11-18)34-25(5)22(27)30-20-13-9-12-19-14-24(3,4)31-21(19)20/h6-13H,14-17H2,1-5H3. The maximum Gasteiger partial charge on any atom is 0.426 e. The fraction of sp³-hybridized carbons (Fsp3) is 0.458. The fourth-order valence-corrected chi connectivity index (χ4v) is 7.64. The molecule has 0 unspecified atom stereocenters. The lowest BCUT2D eigenvalue weighted by Crippen LogP contribution is -2.35. The third-order valence-electron chi connectivity index (χ3n) is 5.40. The average Bonchev–Trinajstić information content (AvgIpc) is 3.11. The van der Waals surface area contributed by atoms with Crippen LogP contribution < -0.4 is 9.47 Å². The molecule has 0 spiro atoms. The predicted octanol–water partition coefficient (Wildman–Crippen LogP) is 6.19. The molecule has 2 aliphatic heterocycles. The highest BCUT2D eigenvalue weighted by molar-refractivity contribution is 8.15. The van der Waals surface area contributed by atoms with Crippen LogP contribution in [0.5, 0.6) is 11.5 Å². The number of carbonyl (C=O) groups is 1. The smallest absolute Gasteiger partial charge is 0.426 e. The van der Waals surface area contributed by atoms with Crippen LogP contribution in [0.2, 0.25) is 0 Å². The molecule has 0 atom stereocenters. The number of benzene rings is 2. The van der Waals surface area contributed by atoms with E-state index in [1.807, 2.05) is 60.4 Å². The first kappa shape index (κ1) is 25.5. The highest BCUT2D eigenvalue weighted by Crippen LogP contribution is 2.60. The number of nitrogens with zero attached hydrogens (tertiary/aromatic N) is 2. The summed E-state index contributed by atoms with van der Waals surface area (Å²) in [6, 6.07) is 15.5. The molecule has 2 aliphatic rings. The lowest BCUT2D eigenvalue weighted by molar-refractivity contribution is 0.0499. The zero-order valence-corrected chi connectivity index (χ0v) is 22.7. The first-order chi connectivity index (χ1) is 16.0. The summed E-state index contributed by atoms with van der Waals surface area (Å²) in [7, 11) is 1.65. The molecule has 1 amide bonds. The Morgan fingerprint density at radius 1 is 1.09 bits per heavy atom. The topological polar surface area (TPSA) is 60.5 Å². The lowest BCUT2D eigenvalue weighted by atomic mass is 9.97. The van der Waals surface area contributed by atoms with Gasteiger partial charge in [-0.2, -0.15) is 4.08 Å². The van der Waals surface area contributed by atoms with Crippen molar-refractivity contribution >= 4 is 36.7 Å². The Kier molecular flexibility index (Phi) is 7.34. The van der Waals surface area contributed by atoms with E-state index in [0.717, 1.165) is 29.7 Å². The summed E-state index contributed by atoms with van der Waals surface area (Å²) < 4.78 is 27.2. The van der Waals surface area contributed by atoms with Crippen LogP contribution in [0.25, 0.3) is 0 Å². The van der Waals surface area contributed by atoms with E-state index in [9.17, 15) is 4.79 Å². The second-order valence-corrected chi connectivity index (χ2v) is 14.6. The van der Waals surface area contributed by atoms with Gasteiger partial charge in [0.05, 0.1) is 25.3 Å². The molecule has 34 heavy (non-hydrogen) atoms. The zero-order chi connectivity index (χ0) is 24.6. The van der Waals surface area contributed by atoms with E-state index < -0.39 is 12.7 Å². The van der Waals surface area contributed by atoms with Gasteiger partial charge in [-0.1, -0.05) is 56.3 Å². The van der Waals surface area contributed by atoms with Gasteiger partial charge in [-0.05, 0) is 37.3 Å². The van der Waals surface area contributed by atoms with Gasteiger partial charge in [0.25, 0.3) is 6.64 Å². The molecule has 184 valence electrons. The van der Waals surface area contributed by atoms with Crippen molar-refractivity contribution in [1.29, 1.82) is 0 Å². The van der Waals surface area contributed by atoms with Gasteiger partial charge in [0.1, 0.15) is 5.60 Å². The van der Waals surface area contributed by atoms with E-state index in [1.54, 1.807) is 13.1 Å². The van der Waals surface area contributed by atoms with Crippen LogP contribution in [0.3, 0.4) is 0 Å². The number of fused-ring (bicyclic) bond motifs is 1. The summed E-state index contributed by atoms with van der Waals surface area (Å²) in [5, 5.41) is 0. The van der Waals surface area contributed by atoms with E-state index in [4.69, 9.17) is 30.3 Å². The maximum absolute atomic E-state index is 13.0. The van der Waals surface area contributed by atoms with Gasteiger partial charge in [0.15, 0.2) is 11.5 Å². The van der Waals surface area contributed by atoms with E-state index in [2.05, 4.69) is 13.8 Å². The summed E-state index contributed by atoms with van der Waals surface area (Å²) in [5.41, 5.74) is 1.62. The molecule has 7 nitrogen and oxygen atoms in total. The third kappa shape index (κ3) is 5.96. The normalized spacial score (nSPS) is 19.8. The van der Waals surface area contributed by atoms with Crippen LogP contribution in [0.15, 0.2) is 48.5 Å². The van der Waals surface area contributed by atoms with Crippen LogP contribution in [-0.2, 0) is 33.8 Å². The Morgan fingerprint density at radius 3 is 2.44 bits per heavy atom. The molecule has 0 aliphatic carbocycles. The molecule has 1 fully saturated rings. The van der Waals surface area contributed by atoms with Crippen LogP contribution in [-0.4, -0.2) is 40.3 Å². The number of para-hydroxylation sites is 1. The molecule has 0 N–H and O–H groups in total. The second kappa shape index (κ2) is 9.80. The number of hydrogen-bond acceptors (Lipinski definition) is 7. The van der Waals surface area contributed by atoms with E-state index in [-0.39, 0.29) is 11.0 Å². The average molecular weight is 523 g/mol. The van der Waals surface area contributed by atoms with Crippen molar-refractivity contribution in [2.75, 3.05) is 20.3 Å². The highest BCUT2D eigenvalue weighted by atomic mass is 32.5. The number of ether oxygens (including phenoxy) is 2. The van der Waals surface area contributed by atoms with Crippen molar-refractivity contribution in [3.8, 4) is 11.5 Å². The maximum atomic E-state index is 13.0. The Labute approximate surface area is 211 Å². The SMILES string of the molecule is CN(SN(Cc1ccccc1)P1(=S)OCC(C)(C)CO1)C(=O)Oc1cccc2c1OC(C)(C)C2. The van der Waals surface area contributed by atoms with Gasteiger partial charge in [-0.15, -0.1) is 0 Å². The Morgan fingerprint density at radius 2 is 1.76 bits per heavy atom. The molecular formula is C24H31N2O5PS2. The van der Waals surface area contributed by atoms with Crippen LogP contribution >= 0.6 is 18.8 Å². The lowest BCUT2D eigenvalue weighted by Gasteiger charge is -2.41. The van der Waals surface area contributed by atoms with Crippen molar-refractivity contribution in [1.82, 2.24) is 8.38 Å². The van der Waals surface area contributed by atoms with Gasteiger partial charge in [-0.3, -0.25) is 0 Å². The minimum absolute atomic E-state index is 0.113. The number of rotatable bonds is 6. The highest BCUT2D eigenvalue weighted by Gasteiger charge is 2.40. The molecule has 2 aromatic carbocycles. The molecule has 0 bridgehead atoms. The fourth-order valence-electron chi connectivity index (χ4n) is 3.62. The van der Waals surface area contributed by atoms with Crippen molar-refractivity contribution < 1.29 is 23.3 Å². The first-order valence-corrected chi connectivity index (χ1v) is 14.4. The van der Waals surface area contributed by atoms with Crippen molar-refractivity contribution in [2.24, 2.45) is 5.41 Å². The van der Waals surface area contributed by atoms with Crippen molar-refractivity contribution in [3.05, 3.63) is 59.7 Å². The second-order valence-electron chi connectivity index (χ2n) is 9.91. The van der Waals surface area contributed by atoms with E-state index in [1.165, 1.54) is 4.31 Å². The van der Waals surface area contributed by atoms with Gasteiger partial charge in [-0.25, -0.2) is 9.10 Å². The zero-order valence-electron chi connectivity index (χ0n) is 20.1. The van der Waals surface area contributed by atoms with Crippen molar-refractivity contribution in [3.63, 3.8) is 0 Å². The summed E-state index contributed by atoms with van der Waals surface area (Å²) >= 11 is 7.03. The Hall–Kier alpha value is -1.61. The minimum atomic E-state index is -2.82. The molecule has 0 aromatic heterocycles. The van der Waals surface area contributed by atoms with Gasteiger partial charge >= 0.3 is 6.09 Å². The van der Waals surface area contributed by atoms with Gasteiger partial charge in [0.2, 0.25) is 0 Å². The van der Waals surface area contributed by atoms with Gasteiger partial charge < -0.3 is 18.5 Å². The van der Waals surface area contributed by atoms with Crippen LogP contribution in [0.1, 0.15) is 38.8 Å². The molecule has 10 heteroatoms. The third-order valence-corrected chi connectivity index (χ3v) is 10.1. The largest absolute Gasteiger partial charge is 0.483 e. The number of amides is 1. The first-order valence-electron chi connectivity index (χ1n) is 11.1. The predicted molar refractivity (Wildman–Crippen MR) is 138 cm³/mol. The molecule has 0 radical (unpaired) electrons. The van der Waals surface area contributed by atoms with Crippen LogP contribution in [0.4, 0.5) is 4.79 Å². The number of carbonyl (C=O) groups excluding carboxylic acids is 1. The summed E-state index contributed by atoms with van der Waals surface area (Å²) in [4.78, 5) is 13.0. The Balaban J connectivity index is 1.50. The summed E-state index contributed by atoms with van der Waals surface area (Å²) in [6.45, 7) is 6.80.